The van der Waals surface area contributed by atoms with Gasteiger partial charge in [0, 0.05) is 6.07 Å². The molecule has 1 nitrogen and oxygen atoms in total. The summed E-state index contributed by atoms with van der Waals surface area (Å²) in [6.45, 7) is 0. The van der Waals surface area contributed by atoms with Gasteiger partial charge >= 0.3 is 0 Å². The van der Waals surface area contributed by atoms with Crippen LogP contribution in [0.25, 0.3) is 0 Å². The number of benzene rings is 3. The predicted molar refractivity (Wildman–Crippen MR) is 91.7 cm³/mol. The van der Waals surface area contributed by atoms with Gasteiger partial charge < -0.3 is 4.74 Å². The van der Waals surface area contributed by atoms with Gasteiger partial charge in [-0.3, -0.25) is 0 Å². The zero-order valence-electron chi connectivity index (χ0n) is 12.2. The van der Waals surface area contributed by atoms with E-state index in [1.165, 1.54) is 16.7 Å². The highest BCUT2D eigenvalue weighted by molar-refractivity contribution is 7.79. The molecule has 0 radical (unpaired) electrons. The lowest BCUT2D eigenvalue weighted by Crippen LogP contribution is -2.21. The second kappa shape index (κ2) is 6.72. The molecule has 110 valence electrons. The lowest BCUT2D eigenvalue weighted by Gasteiger charge is -2.20. The Morgan fingerprint density at radius 2 is 1.27 bits per heavy atom. The number of ether oxygens (including phenoxy) is 1. The molecule has 3 aromatic rings. The van der Waals surface area contributed by atoms with Crippen LogP contribution in [0, 0.1) is 5.82 Å². The van der Waals surface area contributed by atoms with Gasteiger partial charge in [0.05, 0.1) is 7.11 Å². The lowest BCUT2D eigenvalue weighted by atomic mass is 10.3. The third-order valence-electron chi connectivity index (χ3n) is 3.38. The summed E-state index contributed by atoms with van der Waals surface area (Å²) in [6, 6.07) is 25.4. The topological polar surface area (TPSA) is 9.23 Å². The molecule has 0 N–H and O–H groups in total. The molecule has 0 saturated carbocycles. The Balaban J connectivity index is 2.16. The van der Waals surface area contributed by atoms with Gasteiger partial charge in [-0.2, -0.15) is 0 Å². The van der Waals surface area contributed by atoms with Crippen LogP contribution in [0.4, 0.5) is 4.39 Å². The molecule has 0 aliphatic heterocycles. The minimum atomic E-state index is -0.804. The van der Waals surface area contributed by atoms with Crippen molar-refractivity contribution in [3.05, 3.63) is 84.7 Å². The highest BCUT2D eigenvalue weighted by Gasteiger charge is 2.17. The number of hydrogen-bond donors (Lipinski definition) is 0. The van der Waals surface area contributed by atoms with Crippen LogP contribution in [0.5, 0.6) is 5.75 Å². The van der Waals surface area contributed by atoms with Crippen molar-refractivity contribution in [1.29, 1.82) is 0 Å². The molecule has 0 fully saturated rings. The summed E-state index contributed by atoms with van der Waals surface area (Å²) >= 11 is 0. The maximum atomic E-state index is 13.9. The van der Waals surface area contributed by atoms with Crippen LogP contribution in [0.15, 0.2) is 78.9 Å². The average Bonchev–Trinajstić information content (AvgIpc) is 2.56. The number of halogens is 1. The molecule has 0 amide bonds. The summed E-state index contributed by atoms with van der Waals surface area (Å²) in [5, 5.41) is 3.33. The van der Waals surface area contributed by atoms with Crippen molar-refractivity contribution < 1.29 is 9.13 Å². The first-order valence-electron chi connectivity index (χ1n) is 7.03. The molecular formula is C19H16FOP. The van der Waals surface area contributed by atoms with E-state index in [1.54, 1.807) is 13.2 Å². The predicted octanol–water partition coefficient (Wildman–Crippen LogP) is 3.59. The van der Waals surface area contributed by atoms with Crippen molar-refractivity contribution in [2.45, 2.75) is 0 Å². The number of hydrogen-bond acceptors (Lipinski definition) is 1. The molecule has 0 spiro atoms. The van der Waals surface area contributed by atoms with Crippen LogP contribution in [0.1, 0.15) is 0 Å². The van der Waals surface area contributed by atoms with E-state index in [1.807, 2.05) is 42.5 Å². The molecule has 22 heavy (non-hydrogen) atoms. The molecule has 0 unspecified atom stereocenters. The van der Waals surface area contributed by atoms with E-state index in [-0.39, 0.29) is 5.82 Å². The van der Waals surface area contributed by atoms with Crippen LogP contribution in [0.3, 0.4) is 0 Å². The van der Waals surface area contributed by atoms with Gasteiger partial charge in [0.25, 0.3) is 0 Å². The molecule has 0 aliphatic rings. The van der Waals surface area contributed by atoms with E-state index in [9.17, 15) is 4.39 Å². The third kappa shape index (κ3) is 3.18. The third-order valence-corrected chi connectivity index (χ3v) is 5.78. The van der Waals surface area contributed by atoms with E-state index in [0.717, 1.165) is 5.30 Å². The average molecular weight is 310 g/mol. The van der Waals surface area contributed by atoms with Crippen LogP contribution >= 0.6 is 7.92 Å². The Morgan fingerprint density at radius 1 is 0.727 bits per heavy atom. The van der Waals surface area contributed by atoms with E-state index in [0.29, 0.717) is 5.75 Å². The summed E-state index contributed by atoms with van der Waals surface area (Å²) < 4.78 is 19.2. The Kier molecular flexibility index (Phi) is 4.50. The molecule has 0 atom stereocenters. The van der Waals surface area contributed by atoms with Gasteiger partial charge in [0.2, 0.25) is 0 Å². The van der Waals surface area contributed by atoms with E-state index in [4.69, 9.17) is 4.74 Å². The second-order valence-electron chi connectivity index (χ2n) is 4.86. The molecule has 3 heteroatoms. The fourth-order valence-electron chi connectivity index (χ4n) is 2.40. The van der Waals surface area contributed by atoms with Gasteiger partial charge in [-0.25, -0.2) is 4.39 Å². The van der Waals surface area contributed by atoms with Gasteiger partial charge in [0.15, 0.2) is 0 Å². The molecular weight excluding hydrogens is 294 g/mol. The zero-order valence-corrected chi connectivity index (χ0v) is 13.1. The highest BCUT2D eigenvalue weighted by Crippen LogP contribution is 2.34. The van der Waals surface area contributed by atoms with Gasteiger partial charge in [-0.15, -0.1) is 0 Å². The molecule has 0 aliphatic carbocycles. The number of rotatable bonds is 4. The highest BCUT2D eigenvalue weighted by atomic mass is 31.1. The Hall–Kier alpha value is -2.18. The van der Waals surface area contributed by atoms with Crippen molar-refractivity contribution in [2.75, 3.05) is 7.11 Å². The van der Waals surface area contributed by atoms with Crippen LogP contribution < -0.4 is 20.7 Å². The summed E-state index contributed by atoms with van der Waals surface area (Å²) in [6.07, 6.45) is 0. The largest absolute Gasteiger partial charge is 0.497 e. The Morgan fingerprint density at radius 3 is 1.77 bits per heavy atom. The quantitative estimate of drug-likeness (QED) is 0.669. The second-order valence-corrected chi connectivity index (χ2v) is 7.08. The maximum Gasteiger partial charge on any atom is 0.127 e. The van der Waals surface area contributed by atoms with Crippen molar-refractivity contribution in [2.24, 2.45) is 0 Å². The molecule has 3 aromatic carbocycles. The number of methoxy groups -OCH3 is 1. The van der Waals surface area contributed by atoms with Gasteiger partial charge in [0.1, 0.15) is 11.6 Å². The van der Waals surface area contributed by atoms with E-state index >= 15 is 0 Å². The van der Waals surface area contributed by atoms with Crippen molar-refractivity contribution in [3.63, 3.8) is 0 Å². The molecule has 0 aromatic heterocycles. The fraction of sp³-hybridized carbons (Fsp3) is 0.0526. The minimum Gasteiger partial charge on any atom is -0.497 e. The standard InChI is InChI=1S/C19H16FOP/c1-21-16-12-15(20)13-19(14-16)22(17-8-4-2-5-9-17)18-10-6-3-7-11-18/h2-14H,1H3. The van der Waals surface area contributed by atoms with Gasteiger partial charge in [-0.1, -0.05) is 60.7 Å². The van der Waals surface area contributed by atoms with E-state index < -0.39 is 7.92 Å². The Labute approximate surface area is 131 Å². The zero-order chi connectivity index (χ0) is 15.4. The minimum absolute atomic E-state index is 0.270. The summed E-state index contributed by atoms with van der Waals surface area (Å²) in [5.74, 6) is 0.281. The summed E-state index contributed by atoms with van der Waals surface area (Å²) in [7, 11) is 0.757. The monoisotopic (exact) mass is 310 g/mol. The van der Waals surface area contributed by atoms with Crippen molar-refractivity contribution in [1.82, 2.24) is 0 Å². The maximum absolute atomic E-state index is 13.9. The van der Waals surface area contributed by atoms with Gasteiger partial charge in [-0.05, 0) is 36.0 Å². The summed E-state index contributed by atoms with van der Waals surface area (Å²) in [4.78, 5) is 0. The molecule has 3 rings (SSSR count). The molecule has 0 saturated heterocycles. The van der Waals surface area contributed by atoms with Crippen molar-refractivity contribution in [3.8, 4) is 5.75 Å². The lowest BCUT2D eigenvalue weighted by molar-refractivity contribution is 0.412. The molecule has 0 heterocycles. The first kappa shape index (κ1) is 14.7. The first-order chi connectivity index (χ1) is 10.8. The first-order valence-corrected chi connectivity index (χ1v) is 8.37. The van der Waals surface area contributed by atoms with E-state index in [2.05, 4.69) is 24.3 Å². The Bertz CT molecular complexity index is 704. The smallest absolute Gasteiger partial charge is 0.127 e. The van der Waals surface area contributed by atoms with Crippen LogP contribution in [-0.4, -0.2) is 7.11 Å². The van der Waals surface area contributed by atoms with Crippen LogP contribution in [-0.2, 0) is 0 Å². The SMILES string of the molecule is COc1cc(F)cc(P(c2ccccc2)c2ccccc2)c1. The molecule has 0 bridgehead atoms. The fourth-order valence-corrected chi connectivity index (χ4v) is 4.74. The van der Waals surface area contributed by atoms with Crippen LogP contribution in [0.2, 0.25) is 0 Å². The normalized spacial score (nSPS) is 10.7. The summed E-state index contributed by atoms with van der Waals surface area (Å²) in [5.41, 5.74) is 0. The van der Waals surface area contributed by atoms with Crippen molar-refractivity contribution >= 4 is 23.8 Å².